The lowest BCUT2D eigenvalue weighted by Gasteiger charge is -2.17. The molecule has 0 unspecified atom stereocenters. The van der Waals surface area contributed by atoms with E-state index in [2.05, 4.69) is 153 Å². The van der Waals surface area contributed by atoms with E-state index in [-0.39, 0.29) is 0 Å². The van der Waals surface area contributed by atoms with Crippen molar-refractivity contribution in [2.24, 2.45) is 0 Å². The molecule has 0 fully saturated rings. The second-order valence-corrected chi connectivity index (χ2v) is 14.6. The molecule has 3 heterocycles. The van der Waals surface area contributed by atoms with Crippen molar-refractivity contribution in [3.63, 3.8) is 0 Å². The highest BCUT2D eigenvalue weighted by atomic mass is 15.0. The molecule has 2 aliphatic carbocycles. The van der Waals surface area contributed by atoms with E-state index in [0.29, 0.717) is 0 Å². The first-order valence-corrected chi connectivity index (χ1v) is 18.8. The van der Waals surface area contributed by atoms with Gasteiger partial charge in [-0.2, -0.15) is 0 Å². The number of aromatic nitrogens is 3. The van der Waals surface area contributed by atoms with E-state index >= 15 is 0 Å². The van der Waals surface area contributed by atoms with Gasteiger partial charge in [-0.05, 0) is 123 Å². The van der Waals surface area contributed by atoms with Gasteiger partial charge in [0.15, 0.2) is 0 Å². The quantitative estimate of drug-likeness (QED) is 0.179. The van der Waals surface area contributed by atoms with E-state index < -0.39 is 0 Å². The minimum atomic E-state index is 1.12. The smallest absolute Gasteiger partial charge is 0.0562 e. The zero-order valence-corrected chi connectivity index (χ0v) is 28.8. The summed E-state index contributed by atoms with van der Waals surface area (Å²) in [6.45, 7) is 0. The molecule has 0 atom stereocenters. The van der Waals surface area contributed by atoms with Crippen LogP contribution in [0.5, 0.6) is 0 Å². The van der Waals surface area contributed by atoms with Crippen molar-refractivity contribution in [1.82, 2.24) is 13.7 Å². The molecule has 0 saturated heterocycles. The number of aryl methyl sites for hydroxylation is 1. The molecule has 11 rings (SSSR count). The summed E-state index contributed by atoms with van der Waals surface area (Å²) in [7, 11) is 0. The molecule has 3 aromatic heterocycles. The van der Waals surface area contributed by atoms with Crippen LogP contribution in [0.3, 0.4) is 0 Å². The van der Waals surface area contributed by atoms with Gasteiger partial charge in [0.05, 0.1) is 39.0 Å². The number of para-hydroxylation sites is 3. The molecule has 246 valence electrons. The van der Waals surface area contributed by atoms with Gasteiger partial charge in [0.25, 0.3) is 0 Å². The zero-order chi connectivity index (χ0) is 33.5. The molecule has 0 saturated carbocycles. The standard InChI is InChI=1S/C48H39N3/c1-2-15-32(16-3-1)33-17-12-18-34(31-33)49-41-25-10-6-21-37(41)47-43(49)27-13-29-45(47)51-42-26-11-7-22-38(42)48-44(28-14-30-46(48)51)50-39-23-8-4-19-35(39)36-20-5-9-24-40(36)50/h4,6-8,10-15,17-19,21-23,25-31H,1-3,5,9,16,20,24H2. The Kier molecular flexibility index (Phi) is 6.46. The van der Waals surface area contributed by atoms with Crippen LogP contribution in [0.15, 0.2) is 140 Å². The third-order valence-electron chi connectivity index (χ3n) is 11.8. The number of rotatable bonds is 4. The van der Waals surface area contributed by atoms with Gasteiger partial charge in [-0.1, -0.05) is 84.9 Å². The van der Waals surface area contributed by atoms with Crippen LogP contribution in [0.2, 0.25) is 0 Å². The summed E-state index contributed by atoms with van der Waals surface area (Å²) >= 11 is 0. The molecule has 0 bridgehead atoms. The third kappa shape index (κ3) is 4.24. The number of allylic oxidation sites excluding steroid dienone is 2. The fourth-order valence-corrected chi connectivity index (χ4v) is 9.63. The second-order valence-electron chi connectivity index (χ2n) is 14.6. The summed E-state index contributed by atoms with van der Waals surface area (Å²) in [5.74, 6) is 0. The molecule has 6 aromatic carbocycles. The maximum atomic E-state index is 2.60. The predicted molar refractivity (Wildman–Crippen MR) is 215 cm³/mol. The van der Waals surface area contributed by atoms with Crippen LogP contribution in [0.4, 0.5) is 0 Å². The SMILES string of the molecule is C1=C(c2cccc(-n3c4ccccc4c4c(-n5c6ccccc6c6c(-n7c8c(c9ccccc97)CCCC8)cccc65)cccc43)c2)CCCC1. The molecule has 51 heavy (non-hydrogen) atoms. The van der Waals surface area contributed by atoms with Gasteiger partial charge >= 0.3 is 0 Å². The molecular formula is C48H39N3. The van der Waals surface area contributed by atoms with Crippen LogP contribution < -0.4 is 0 Å². The summed E-state index contributed by atoms with van der Waals surface area (Å²) in [4.78, 5) is 0. The lowest BCUT2D eigenvalue weighted by atomic mass is 9.93. The Hall–Kier alpha value is -5.80. The maximum absolute atomic E-state index is 2.60. The highest BCUT2D eigenvalue weighted by molar-refractivity contribution is 6.18. The molecule has 0 aliphatic heterocycles. The van der Waals surface area contributed by atoms with E-state index in [1.807, 2.05) is 0 Å². The molecule has 3 heteroatoms. The number of hydrogen-bond donors (Lipinski definition) is 0. The van der Waals surface area contributed by atoms with Gasteiger partial charge in [-0.3, -0.25) is 0 Å². The van der Waals surface area contributed by atoms with Crippen molar-refractivity contribution >= 4 is 60.1 Å². The van der Waals surface area contributed by atoms with Gasteiger partial charge in [0.1, 0.15) is 0 Å². The van der Waals surface area contributed by atoms with Crippen LogP contribution in [0.25, 0.3) is 77.1 Å². The van der Waals surface area contributed by atoms with E-state index in [4.69, 9.17) is 0 Å². The highest BCUT2D eigenvalue weighted by Crippen LogP contribution is 2.43. The summed E-state index contributed by atoms with van der Waals surface area (Å²) in [5, 5.41) is 6.58. The zero-order valence-electron chi connectivity index (χ0n) is 28.8. The van der Waals surface area contributed by atoms with Gasteiger partial charge in [-0.15, -0.1) is 0 Å². The molecule has 0 radical (unpaired) electrons. The van der Waals surface area contributed by atoms with Crippen LogP contribution in [0, 0.1) is 0 Å². The number of nitrogens with zero attached hydrogens (tertiary/aromatic N) is 3. The van der Waals surface area contributed by atoms with Crippen LogP contribution in [-0.4, -0.2) is 13.7 Å². The van der Waals surface area contributed by atoms with E-state index in [0.717, 1.165) is 19.3 Å². The fraction of sp³-hybridized carbons (Fsp3) is 0.167. The minimum Gasteiger partial charge on any atom is -0.313 e. The maximum Gasteiger partial charge on any atom is 0.0562 e. The Labute approximate surface area is 297 Å². The number of fused-ring (bicyclic) bond motifs is 9. The van der Waals surface area contributed by atoms with E-state index in [1.54, 1.807) is 5.56 Å². The first-order valence-electron chi connectivity index (χ1n) is 18.8. The van der Waals surface area contributed by atoms with Gasteiger partial charge in [0.2, 0.25) is 0 Å². The van der Waals surface area contributed by atoms with Crippen molar-refractivity contribution in [3.05, 3.63) is 156 Å². The van der Waals surface area contributed by atoms with Crippen LogP contribution in [0.1, 0.15) is 55.3 Å². The molecule has 3 nitrogen and oxygen atoms in total. The summed E-state index contributed by atoms with van der Waals surface area (Å²) in [6.07, 6.45) is 12.2. The Morgan fingerprint density at radius 1 is 0.412 bits per heavy atom. The normalized spacial score (nSPS) is 14.9. The minimum absolute atomic E-state index is 1.12. The van der Waals surface area contributed by atoms with Crippen molar-refractivity contribution in [2.75, 3.05) is 0 Å². The van der Waals surface area contributed by atoms with Crippen LogP contribution >= 0.6 is 0 Å². The Morgan fingerprint density at radius 2 is 0.980 bits per heavy atom. The van der Waals surface area contributed by atoms with E-state index in [1.165, 1.54) is 121 Å². The molecular weight excluding hydrogens is 619 g/mol. The van der Waals surface area contributed by atoms with Gasteiger partial charge in [-0.25, -0.2) is 0 Å². The average Bonchev–Trinajstić information content (AvgIpc) is 3.84. The van der Waals surface area contributed by atoms with Crippen molar-refractivity contribution in [3.8, 4) is 17.1 Å². The van der Waals surface area contributed by atoms with Crippen molar-refractivity contribution in [1.29, 1.82) is 0 Å². The molecule has 2 aliphatic rings. The molecule has 0 amide bonds. The fourth-order valence-electron chi connectivity index (χ4n) is 9.63. The first-order chi connectivity index (χ1) is 25.3. The predicted octanol–water partition coefficient (Wildman–Crippen LogP) is 12.7. The monoisotopic (exact) mass is 657 g/mol. The largest absolute Gasteiger partial charge is 0.313 e. The number of hydrogen-bond acceptors (Lipinski definition) is 0. The summed E-state index contributed by atoms with van der Waals surface area (Å²) < 4.78 is 7.62. The lowest BCUT2D eigenvalue weighted by Crippen LogP contribution is -2.07. The highest BCUT2D eigenvalue weighted by Gasteiger charge is 2.25. The van der Waals surface area contributed by atoms with Crippen molar-refractivity contribution in [2.45, 2.75) is 51.4 Å². The second kappa shape index (κ2) is 11.4. The average molecular weight is 658 g/mol. The van der Waals surface area contributed by atoms with Crippen LogP contribution in [-0.2, 0) is 12.8 Å². The van der Waals surface area contributed by atoms with Gasteiger partial charge in [0, 0.05) is 38.3 Å². The Balaban J connectivity index is 1.21. The molecule has 0 N–H and O–H groups in total. The first kappa shape index (κ1) is 29.0. The molecule has 9 aromatic rings. The summed E-state index contributed by atoms with van der Waals surface area (Å²) in [6, 6.07) is 50.1. The Morgan fingerprint density at radius 3 is 1.71 bits per heavy atom. The van der Waals surface area contributed by atoms with Crippen molar-refractivity contribution < 1.29 is 0 Å². The summed E-state index contributed by atoms with van der Waals surface area (Å²) in [5.41, 5.74) is 15.9. The molecule has 0 spiro atoms. The lowest BCUT2D eigenvalue weighted by molar-refractivity contribution is 0.667. The van der Waals surface area contributed by atoms with Gasteiger partial charge < -0.3 is 13.7 Å². The number of benzene rings is 6. The van der Waals surface area contributed by atoms with E-state index in [9.17, 15) is 0 Å². The Bertz CT molecular complexity index is 2870. The topological polar surface area (TPSA) is 14.8 Å². The third-order valence-corrected chi connectivity index (χ3v) is 11.8.